The molecule has 0 fully saturated rings. The Balaban J connectivity index is 1.77. The van der Waals surface area contributed by atoms with E-state index in [4.69, 9.17) is 4.74 Å². The number of allylic oxidation sites excluding steroid dienone is 1. The molecule has 46 heavy (non-hydrogen) atoms. The van der Waals surface area contributed by atoms with Crippen LogP contribution in [0.2, 0.25) is 0 Å². The third-order valence-electron chi connectivity index (χ3n) is 7.35. The third kappa shape index (κ3) is 5.92. The Kier molecular flexibility index (Phi) is 8.13. The Morgan fingerprint density at radius 1 is 1.07 bits per heavy atom. The Morgan fingerprint density at radius 3 is 2.37 bits per heavy atom. The molecule has 3 amide bonds. The highest BCUT2D eigenvalue weighted by atomic mass is 32.2. The van der Waals surface area contributed by atoms with Crippen LogP contribution < -0.4 is 9.64 Å². The van der Waals surface area contributed by atoms with Crippen molar-refractivity contribution < 1.29 is 45.6 Å². The molecule has 1 unspecified atom stereocenters. The Labute approximate surface area is 259 Å². The molecule has 3 aromatic rings. The van der Waals surface area contributed by atoms with Crippen molar-refractivity contribution in [2.75, 3.05) is 11.2 Å². The molecule has 236 valence electrons. The first-order chi connectivity index (χ1) is 21.6. The second kappa shape index (κ2) is 11.7. The van der Waals surface area contributed by atoms with E-state index < -0.39 is 55.3 Å². The number of alkyl halides is 3. The molecular weight excluding hydrogens is 633 g/mol. The molecule has 2 aliphatic rings. The molecule has 0 saturated carbocycles. The third-order valence-corrected chi connectivity index (χ3v) is 8.50. The first-order valence-electron chi connectivity index (χ1n) is 13.4. The number of anilines is 1. The number of hydrogen-bond acceptors (Lipinski definition) is 9. The second-order valence-electron chi connectivity index (χ2n) is 10.3. The molecule has 0 spiro atoms. The molecule has 16 heteroatoms. The van der Waals surface area contributed by atoms with Crippen LogP contribution in [-0.4, -0.2) is 42.4 Å². The summed E-state index contributed by atoms with van der Waals surface area (Å²) in [6.45, 7) is 0. The minimum atomic E-state index is -4.81. The van der Waals surface area contributed by atoms with E-state index in [1.165, 1.54) is 18.2 Å². The lowest BCUT2D eigenvalue weighted by molar-refractivity contribution is -0.384. The van der Waals surface area contributed by atoms with Crippen LogP contribution >= 0.6 is 0 Å². The van der Waals surface area contributed by atoms with E-state index in [1.54, 1.807) is 6.07 Å². The van der Waals surface area contributed by atoms with Gasteiger partial charge in [-0.1, -0.05) is 12.1 Å². The number of benzene rings is 3. The number of nitrogens with zero attached hydrogens (tertiary/aromatic N) is 4. The van der Waals surface area contributed by atoms with Crippen molar-refractivity contribution in [3.05, 3.63) is 105 Å². The lowest BCUT2D eigenvalue weighted by Gasteiger charge is -2.44. The maximum atomic E-state index is 14.3. The molecule has 0 aromatic heterocycles. The van der Waals surface area contributed by atoms with Crippen LogP contribution in [0, 0.1) is 21.4 Å². The van der Waals surface area contributed by atoms with Crippen LogP contribution in [0.1, 0.15) is 42.0 Å². The highest BCUT2D eigenvalue weighted by molar-refractivity contribution is 7.90. The summed E-state index contributed by atoms with van der Waals surface area (Å²) < 4.78 is 72.3. The van der Waals surface area contributed by atoms with E-state index in [0.717, 1.165) is 53.6 Å². The van der Waals surface area contributed by atoms with Crippen molar-refractivity contribution in [3.63, 3.8) is 0 Å². The van der Waals surface area contributed by atoms with Crippen LogP contribution in [0.3, 0.4) is 0 Å². The summed E-state index contributed by atoms with van der Waals surface area (Å²) in [5.41, 5.74) is -2.36. The Morgan fingerprint density at radius 2 is 1.76 bits per heavy atom. The molecule has 0 bridgehead atoms. The van der Waals surface area contributed by atoms with Crippen LogP contribution in [0.4, 0.5) is 34.1 Å². The smallest absolute Gasteiger partial charge is 0.410 e. The highest BCUT2D eigenvalue weighted by Crippen LogP contribution is 2.46. The van der Waals surface area contributed by atoms with E-state index >= 15 is 0 Å². The van der Waals surface area contributed by atoms with E-state index in [9.17, 15) is 51.3 Å². The van der Waals surface area contributed by atoms with Gasteiger partial charge in [-0.25, -0.2) is 22.9 Å². The standard InChI is InChI=1S/C30H21F3N4O8S/c1-46(43,44)25-14-17(16-34)8-13-22(25)27-26-23(6-3-7-24(26)38)35(20-5-2-4-18(15-20)30(31,32)33)28(39)36(27)29(40)45-21-11-9-19(10-12-21)37(41)42/h2,4-5,8-15,27H,3,6-7H2,1H3. The van der Waals surface area contributed by atoms with E-state index in [1.807, 2.05) is 0 Å². The normalized spacial score (nSPS) is 17.0. The van der Waals surface area contributed by atoms with Crippen molar-refractivity contribution in [2.45, 2.75) is 36.4 Å². The Bertz CT molecular complexity index is 1990. The fraction of sp³-hybridized carbons (Fsp3) is 0.200. The average Bonchev–Trinajstić information content (AvgIpc) is 2.99. The first kappa shape index (κ1) is 31.9. The average molecular weight is 655 g/mol. The topological polar surface area (TPSA) is 168 Å². The first-order valence-corrected chi connectivity index (χ1v) is 15.3. The van der Waals surface area contributed by atoms with Crippen LogP contribution in [0.15, 0.2) is 82.9 Å². The zero-order valence-corrected chi connectivity index (χ0v) is 24.5. The summed E-state index contributed by atoms with van der Waals surface area (Å²) in [4.78, 5) is 52.9. The molecule has 12 nitrogen and oxygen atoms in total. The minimum Gasteiger partial charge on any atom is -0.410 e. The van der Waals surface area contributed by atoms with Gasteiger partial charge in [0.15, 0.2) is 15.6 Å². The molecule has 1 atom stereocenters. The molecule has 1 aliphatic carbocycles. The zero-order valence-electron chi connectivity index (χ0n) is 23.6. The zero-order chi connectivity index (χ0) is 33.6. The van der Waals surface area contributed by atoms with Gasteiger partial charge in [0.05, 0.1) is 32.7 Å². The van der Waals surface area contributed by atoms with E-state index in [-0.39, 0.29) is 58.8 Å². The monoisotopic (exact) mass is 654 g/mol. The van der Waals surface area contributed by atoms with Gasteiger partial charge in [0.1, 0.15) is 11.8 Å². The molecule has 0 radical (unpaired) electrons. The number of nitriles is 1. The van der Waals surface area contributed by atoms with Crippen molar-refractivity contribution in [1.82, 2.24) is 4.90 Å². The lowest BCUT2D eigenvalue weighted by Crippen LogP contribution is -2.55. The van der Waals surface area contributed by atoms with Crippen LogP contribution in [-0.2, 0) is 20.8 Å². The highest BCUT2D eigenvalue weighted by Gasteiger charge is 2.49. The van der Waals surface area contributed by atoms with Gasteiger partial charge >= 0.3 is 18.3 Å². The van der Waals surface area contributed by atoms with Gasteiger partial charge in [-0.15, -0.1) is 0 Å². The van der Waals surface area contributed by atoms with Gasteiger partial charge in [0.25, 0.3) is 5.69 Å². The number of hydrogen-bond donors (Lipinski definition) is 0. The van der Waals surface area contributed by atoms with Crippen LogP contribution in [0.25, 0.3) is 0 Å². The van der Waals surface area contributed by atoms with E-state index in [2.05, 4.69) is 0 Å². The molecule has 0 saturated heterocycles. The number of imide groups is 1. The number of urea groups is 1. The number of nitro benzene ring substituents is 1. The number of carbonyl (C=O) groups is 3. The van der Waals surface area contributed by atoms with Gasteiger partial charge in [0.2, 0.25) is 0 Å². The van der Waals surface area contributed by atoms with Crippen molar-refractivity contribution >= 4 is 39.1 Å². The van der Waals surface area contributed by atoms with E-state index in [0.29, 0.717) is 11.0 Å². The number of nitro groups is 1. The molecule has 0 N–H and O–H groups in total. The second-order valence-corrected chi connectivity index (χ2v) is 12.3. The summed E-state index contributed by atoms with van der Waals surface area (Å²) in [7, 11) is -4.17. The number of non-ortho nitro benzene ring substituents is 1. The van der Waals surface area contributed by atoms with Crippen molar-refractivity contribution in [1.29, 1.82) is 5.26 Å². The van der Waals surface area contributed by atoms with Crippen molar-refractivity contribution in [3.8, 4) is 11.8 Å². The fourth-order valence-corrected chi connectivity index (χ4v) is 6.30. The van der Waals surface area contributed by atoms with Gasteiger partial charge < -0.3 is 4.74 Å². The van der Waals surface area contributed by atoms with Gasteiger partial charge in [-0.2, -0.15) is 18.4 Å². The van der Waals surface area contributed by atoms with Crippen LogP contribution in [0.5, 0.6) is 5.75 Å². The molecular formula is C30H21F3N4O8S. The predicted octanol–water partition coefficient (Wildman–Crippen LogP) is 6.08. The number of ether oxygens (including phenoxy) is 1. The van der Waals surface area contributed by atoms with Gasteiger partial charge in [-0.05, 0) is 60.9 Å². The molecule has 3 aromatic carbocycles. The van der Waals surface area contributed by atoms with Crippen molar-refractivity contribution in [2.24, 2.45) is 0 Å². The number of rotatable bonds is 5. The molecule has 1 heterocycles. The summed E-state index contributed by atoms with van der Waals surface area (Å²) in [6.07, 6.45) is -5.32. The fourth-order valence-electron chi connectivity index (χ4n) is 5.35. The SMILES string of the molecule is CS(=O)(=O)c1cc(C#N)ccc1C1C2=C(CCCC2=O)N(c2cccc(C(F)(F)F)c2)C(=O)N1C(=O)Oc1ccc([N+](=O)[O-])cc1. The summed E-state index contributed by atoms with van der Waals surface area (Å²) in [5.74, 6) is -0.877. The maximum Gasteiger partial charge on any atom is 0.424 e. The number of halogens is 3. The number of Topliss-reactive ketones (excluding diaryl/α,β-unsaturated/α-hetero) is 1. The van der Waals surface area contributed by atoms with Gasteiger partial charge in [0, 0.05) is 36.1 Å². The quantitative estimate of drug-likeness (QED) is 0.234. The lowest BCUT2D eigenvalue weighted by atomic mass is 9.83. The molecule has 5 rings (SSSR count). The summed E-state index contributed by atoms with van der Waals surface area (Å²) >= 11 is 0. The summed E-state index contributed by atoms with van der Waals surface area (Å²) in [6, 6.07) is 10.0. The number of amides is 3. The number of ketones is 1. The predicted molar refractivity (Wildman–Crippen MR) is 153 cm³/mol. The minimum absolute atomic E-state index is 0.00921. The number of carbonyl (C=O) groups excluding carboxylic acids is 3. The summed E-state index contributed by atoms with van der Waals surface area (Å²) in [5, 5.41) is 20.5. The maximum absolute atomic E-state index is 14.3. The largest absolute Gasteiger partial charge is 0.424 e. The number of sulfone groups is 1. The van der Waals surface area contributed by atoms with Gasteiger partial charge in [-0.3, -0.25) is 19.8 Å². The Hall–Kier alpha value is -5.56. The molecule has 1 aliphatic heterocycles.